The Morgan fingerprint density at radius 2 is 1.91 bits per heavy atom. The van der Waals surface area contributed by atoms with Crippen LogP contribution in [0.4, 0.5) is 5.69 Å². The van der Waals surface area contributed by atoms with Crippen LogP contribution in [0.25, 0.3) is 10.9 Å². The first-order valence-corrected chi connectivity index (χ1v) is 10.3. The molecule has 9 heteroatoms. The Balaban J connectivity index is 1.35. The van der Waals surface area contributed by atoms with E-state index in [1.165, 1.54) is 6.26 Å². The zero-order chi connectivity index (χ0) is 23.4. The topological polar surface area (TPSA) is 123 Å². The number of H-pyrrole nitrogens is 1. The van der Waals surface area contributed by atoms with Crippen LogP contribution >= 0.6 is 0 Å². The number of carbonyl (C=O) groups is 2. The number of amides is 1. The monoisotopic (exact) mass is 447 g/mol. The summed E-state index contributed by atoms with van der Waals surface area (Å²) in [6.07, 6.45) is 1.70. The van der Waals surface area contributed by atoms with Crippen LogP contribution in [0.15, 0.2) is 74.9 Å². The smallest absolute Gasteiger partial charge is 0.338 e. The van der Waals surface area contributed by atoms with Crippen LogP contribution < -0.4 is 16.6 Å². The Kier molecular flexibility index (Phi) is 6.21. The van der Waals surface area contributed by atoms with Crippen molar-refractivity contribution in [2.24, 2.45) is 0 Å². The van der Waals surface area contributed by atoms with Crippen LogP contribution in [0.3, 0.4) is 0 Å². The summed E-state index contributed by atoms with van der Waals surface area (Å²) in [5.74, 6) is -0.745. The van der Waals surface area contributed by atoms with E-state index in [4.69, 9.17) is 9.15 Å². The average Bonchev–Trinajstić information content (AvgIpc) is 3.33. The van der Waals surface area contributed by atoms with Crippen LogP contribution in [-0.2, 0) is 11.3 Å². The van der Waals surface area contributed by atoms with Crippen LogP contribution in [-0.4, -0.2) is 28.0 Å². The predicted octanol–water partition coefficient (Wildman–Crippen LogP) is 3.09. The third-order valence-corrected chi connectivity index (χ3v) is 5.10. The number of nitrogens with zero attached hydrogens (tertiary/aromatic N) is 1. The van der Waals surface area contributed by atoms with E-state index in [9.17, 15) is 19.2 Å². The number of ether oxygens (including phenoxy) is 1. The summed E-state index contributed by atoms with van der Waals surface area (Å²) in [5.41, 5.74) is 1.08. The van der Waals surface area contributed by atoms with Crippen LogP contribution in [0.1, 0.15) is 32.9 Å². The molecular formula is C24H21N3O6. The molecule has 0 aliphatic carbocycles. The molecular weight excluding hydrogens is 426 g/mol. The quantitative estimate of drug-likeness (QED) is 0.331. The molecule has 0 saturated carbocycles. The molecule has 4 aromatic rings. The highest BCUT2D eigenvalue weighted by Gasteiger charge is 2.14. The number of carbonyl (C=O) groups excluding carboxylic acids is 2. The number of benzene rings is 2. The van der Waals surface area contributed by atoms with E-state index in [2.05, 4.69) is 10.3 Å². The highest BCUT2D eigenvalue weighted by molar-refractivity contribution is 6.02. The molecule has 0 fully saturated rings. The average molecular weight is 447 g/mol. The van der Waals surface area contributed by atoms with Gasteiger partial charge in [0.2, 0.25) is 0 Å². The van der Waals surface area contributed by atoms with Crippen molar-refractivity contribution in [1.29, 1.82) is 0 Å². The summed E-state index contributed by atoms with van der Waals surface area (Å²) in [6.45, 7) is 1.88. The van der Waals surface area contributed by atoms with E-state index in [0.29, 0.717) is 34.1 Å². The number of hydrogen-bond acceptors (Lipinski definition) is 6. The zero-order valence-electron chi connectivity index (χ0n) is 17.8. The molecule has 0 unspecified atom stereocenters. The van der Waals surface area contributed by atoms with Gasteiger partial charge in [0.1, 0.15) is 0 Å². The van der Waals surface area contributed by atoms with E-state index in [1.807, 2.05) is 0 Å². The fourth-order valence-electron chi connectivity index (χ4n) is 3.44. The Hall–Kier alpha value is -4.40. The van der Waals surface area contributed by atoms with E-state index in [1.54, 1.807) is 61.5 Å². The number of aromatic amines is 1. The Morgan fingerprint density at radius 1 is 1.09 bits per heavy atom. The highest BCUT2D eigenvalue weighted by atomic mass is 16.5. The van der Waals surface area contributed by atoms with E-state index >= 15 is 0 Å². The molecule has 0 atom stereocenters. The number of hydrogen-bond donors (Lipinski definition) is 2. The minimum Gasteiger partial charge on any atom is -0.462 e. The highest BCUT2D eigenvalue weighted by Crippen LogP contribution is 2.17. The number of furan rings is 1. The van der Waals surface area contributed by atoms with Gasteiger partial charge in [-0.2, -0.15) is 0 Å². The molecule has 0 saturated heterocycles. The predicted molar refractivity (Wildman–Crippen MR) is 122 cm³/mol. The lowest BCUT2D eigenvalue weighted by atomic mass is 10.1. The number of aryl methyl sites for hydroxylation is 1. The molecule has 2 aromatic heterocycles. The van der Waals surface area contributed by atoms with Crippen LogP contribution in [0.5, 0.6) is 0 Å². The molecule has 1 amide bonds. The van der Waals surface area contributed by atoms with Crippen molar-refractivity contribution in [3.63, 3.8) is 0 Å². The van der Waals surface area contributed by atoms with Gasteiger partial charge >= 0.3 is 11.7 Å². The molecule has 0 radical (unpaired) electrons. The molecule has 4 rings (SSSR count). The van der Waals surface area contributed by atoms with Gasteiger partial charge in [-0.1, -0.05) is 12.1 Å². The Morgan fingerprint density at radius 3 is 2.67 bits per heavy atom. The first kappa shape index (κ1) is 21.8. The number of fused-ring (bicyclic) bond motifs is 1. The third kappa shape index (κ3) is 4.77. The first-order chi connectivity index (χ1) is 15.9. The van der Waals surface area contributed by atoms with E-state index < -0.39 is 17.6 Å². The molecule has 168 valence electrons. The van der Waals surface area contributed by atoms with Gasteiger partial charge in [0, 0.05) is 12.2 Å². The molecule has 0 aliphatic heterocycles. The van der Waals surface area contributed by atoms with Crippen LogP contribution in [0.2, 0.25) is 0 Å². The van der Waals surface area contributed by atoms with E-state index in [0.717, 1.165) is 4.57 Å². The minimum absolute atomic E-state index is 0.0357. The summed E-state index contributed by atoms with van der Waals surface area (Å²) in [4.78, 5) is 51.9. The molecule has 33 heavy (non-hydrogen) atoms. The largest absolute Gasteiger partial charge is 0.462 e. The second kappa shape index (κ2) is 9.39. The summed E-state index contributed by atoms with van der Waals surface area (Å²) in [5, 5.41) is 3.12. The van der Waals surface area contributed by atoms with Gasteiger partial charge < -0.3 is 19.5 Å². The number of rotatable bonds is 7. The molecule has 0 aliphatic rings. The Labute approximate surface area is 187 Å². The fourth-order valence-corrected chi connectivity index (χ4v) is 3.44. The standard InChI is InChI=1S/C24H21N3O6/c1-15-14-16(25-21(28)20-8-4-12-32-20)9-10-17(15)23(30)33-13-5-11-27-22(29)18-6-2-3-7-19(18)26-24(27)31/h2-4,6-10,12,14H,5,11,13H2,1H3,(H,25,28)(H,26,31). The molecule has 2 aromatic carbocycles. The summed E-state index contributed by atoms with van der Waals surface area (Å²) in [6, 6.07) is 14.8. The maximum Gasteiger partial charge on any atom is 0.338 e. The molecule has 0 spiro atoms. The van der Waals surface area contributed by atoms with Gasteiger partial charge in [-0.05, 0) is 61.4 Å². The van der Waals surface area contributed by atoms with Crippen molar-refractivity contribution in [1.82, 2.24) is 9.55 Å². The molecule has 0 bridgehead atoms. The van der Waals surface area contributed by atoms with Gasteiger partial charge in [0.15, 0.2) is 5.76 Å². The second-order valence-corrected chi connectivity index (χ2v) is 7.38. The van der Waals surface area contributed by atoms with Crippen molar-refractivity contribution in [3.8, 4) is 0 Å². The third-order valence-electron chi connectivity index (χ3n) is 5.10. The normalized spacial score (nSPS) is 10.8. The minimum atomic E-state index is -0.531. The van der Waals surface area contributed by atoms with Crippen LogP contribution in [0, 0.1) is 6.92 Å². The zero-order valence-corrected chi connectivity index (χ0v) is 17.8. The van der Waals surface area contributed by atoms with Crippen molar-refractivity contribution >= 4 is 28.5 Å². The number of aromatic nitrogens is 2. The van der Waals surface area contributed by atoms with Gasteiger partial charge in [-0.25, -0.2) is 9.59 Å². The maximum absolute atomic E-state index is 12.5. The number of esters is 1. The van der Waals surface area contributed by atoms with E-state index in [-0.39, 0.29) is 24.5 Å². The van der Waals surface area contributed by atoms with Crippen molar-refractivity contribution in [2.75, 3.05) is 11.9 Å². The van der Waals surface area contributed by atoms with Crippen molar-refractivity contribution < 1.29 is 18.7 Å². The van der Waals surface area contributed by atoms with Gasteiger partial charge in [-0.15, -0.1) is 0 Å². The Bertz CT molecular complexity index is 1430. The SMILES string of the molecule is Cc1cc(NC(=O)c2ccco2)ccc1C(=O)OCCCn1c(=O)[nH]c2ccccc2c1=O. The fraction of sp³-hybridized carbons (Fsp3) is 0.167. The van der Waals surface area contributed by atoms with Crippen molar-refractivity contribution in [3.05, 3.63) is 98.6 Å². The molecule has 2 heterocycles. The van der Waals surface area contributed by atoms with Crippen molar-refractivity contribution in [2.45, 2.75) is 19.9 Å². The van der Waals surface area contributed by atoms with Gasteiger partial charge in [-0.3, -0.25) is 14.2 Å². The summed E-state index contributed by atoms with van der Waals surface area (Å²) < 4.78 is 11.5. The number of para-hydroxylation sites is 1. The number of anilines is 1. The lowest BCUT2D eigenvalue weighted by molar-refractivity contribution is 0.0494. The molecule has 2 N–H and O–H groups in total. The lowest BCUT2D eigenvalue weighted by Gasteiger charge is -2.10. The van der Waals surface area contributed by atoms with Gasteiger partial charge in [0.25, 0.3) is 11.5 Å². The van der Waals surface area contributed by atoms with Gasteiger partial charge in [0.05, 0.1) is 29.3 Å². The number of nitrogens with one attached hydrogen (secondary N) is 2. The second-order valence-electron chi connectivity index (χ2n) is 7.38. The maximum atomic E-state index is 12.5. The first-order valence-electron chi connectivity index (χ1n) is 10.3. The lowest BCUT2D eigenvalue weighted by Crippen LogP contribution is -2.35. The molecule has 9 nitrogen and oxygen atoms in total. The summed E-state index contributed by atoms with van der Waals surface area (Å²) in [7, 11) is 0. The summed E-state index contributed by atoms with van der Waals surface area (Å²) >= 11 is 0.